The molecule has 0 bridgehead atoms. The van der Waals surface area contributed by atoms with Gasteiger partial charge in [0.1, 0.15) is 0 Å². The van der Waals surface area contributed by atoms with Crippen LogP contribution in [0.3, 0.4) is 0 Å². The number of nitrogens with zero attached hydrogens (tertiary/aromatic N) is 2. The number of hydrogen-bond donors (Lipinski definition) is 2. The fraction of sp³-hybridized carbons (Fsp3) is 0.250. The number of H-pyrrole nitrogens is 1. The maximum Gasteiger partial charge on any atom is 0.201 e. The van der Waals surface area contributed by atoms with E-state index in [1.54, 1.807) is 6.20 Å². The summed E-state index contributed by atoms with van der Waals surface area (Å²) in [5.41, 5.74) is 4.28. The summed E-state index contributed by atoms with van der Waals surface area (Å²) in [7, 11) is 0. The Morgan fingerprint density at radius 2 is 2.15 bits per heavy atom. The summed E-state index contributed by atoms with van der Waals surface area (Å²) in [5, 5.41) is 3.32. The highest BCUT2D eigenvalue weighted by Gasteiger charge is 2.04. The van der Waals surface area contributed by atoms with Crippen LogP contribution in [0.5, 0.6) is 0 Å². The van der Waals surface area contributed by atoms with Crippen molar-refractivity contribution in [3.05, 3.63) is 42.7 Å². The molecular weight excluding hydrogens is 248 g/mol. The van der Waals surface area contributed by atoms with E-state index >= 15 is 0 Å². The number of aromatic amines is 1. The summed E-state index contributed by atoms with van der Waals surface area (Å²) in [6.45, 7) is 3.13. The third-order valence-electron chi connectivity index (χ3n) is 3.30. The quantitative estimate of drug-likeness (QED) is 0.690. The minimum Gasteiger partial charge on any atom is -0.356 e. The third-order valence-corrected chi connectivity index (χ3v) is 3.30. The van der Waals surface area contributed by atoms with Crippen LogP contribution in [0.15, 0.2) is 42.7 Å². The molecule has 1 aromatic carbocycles. The smallest absolute Gasteiger partial charge is 0.201 e. The van der Waals surface area contributed by atoms with Crippen LogP contribution in [0.25, 0.3) is 22.2 Å². The second-order valence-electron chi connectivity index (χ2n) is 4.84. The molecule has 0 aliphatic rings. The van der Waals surface area contributed by atoms with Crippen molar-refractivity contribution in [2.24, 2.45) is 0 Å². The molecule has 3 aromatic rings. The Hall–Kier alpha value is -2.36. The molecule has 0 radical (unpaired) electrons. The molecule has 0 atom stereocenters. The van der Waals surface area contributed by atoms with Gasteiger partial charge in [0.25, 0.3) is 0 Å². The van der Waals surface area contributed by atoms with Gasteiger partial charge in [-0.05, 0) is 30.2 Å². The van der Waals surface area contributed by atoms with Crippen LogP contribution in [-0.2, 0) is 0 Å². The molecule has 20 heavy (non-hydrogen) atoms. The topological polar surface area (TPSA) is 53.6 Å². The summed E-state index contributed by atoms with van der Waals surface area (Å²) >= 11 is 0. The van der Waals surface area contributed by atoms with Crippen molar-refractivity contribution in [3.8, 4) is 11.1 Å². The molecule has 102 valence electrons. The molecule has 0 saturated carbocycles. The highest BCUT2D eigenvalue weighted by atomic mass is 15.1. The zero-order chi connectivity index (χ0) is 13.8. The molecule has 0 aliphatic carbocycles. The standard InChI is InChI=1S/C16H18N4/c1-2-3-9-18-16-19-14-7-6-12(10-15(14)20-16)13-5-4-8-17-11-13/h4-8,10-11H,2-3,9H2,1H3,(H2,18,19,20). The number of imidazole rings is 1. The molecule has 4 nitrogen and oxygen atoms in total. The predicted octanol–water partition coefficient (Wildman–Crippen LogP) is 3.84. The Bertz CT molecular complexity index is 688. The Kier molecular flexibility index (Phi) is 3.63. The van der Waals surface area contributed by atoms with Gasteiger partial charge in [-0.25, -0.2) is 4.98 Å². The number of unbranched alkanes of at least 4 members (excludes halogenated alkanes) is 1. The van der Waals surface area contributed by atoms with Crippen LogP contribution in [0, 0.1) is 0 Å². The van der Waals surface area contributed by atoms with Gasteiger partial charge in [-0.3, -0.25) is 4.98 Å². The van der Waals surface area contributed by atoms with Crippen LogP contribution in [0.4, 0.5) is 5.95 Å². The lowest BCUT2D eigenvalue weighted by atomic mass is 10.1. The molecular formula is C16H18N4. The number of anilines is 1. The first-order chi connectivity index (χ1) is 9.86. The molecule has 2 N–H and O–H groups in total. The van der Waals surface area contributed by atoms with Gasteiger partial charge in [-0.1, -0.05) is 25.5 Å². The Balaban J connectivity index is 1.88. The first-order valence-corrected chi connectivity index (χ1v) is 7.01. The molecule has 4 heteroatoms. The molecule has 0 spiro atoms. The maximum atomic E-state index is 4.58. The number of nitrogens with one attached hydrogen (secondary N) is 2. The zero-order valence-corrected chi connectivity index (χ0v) is 11.6. The van der Waals surface area contributed by atoms with Crippen molar-refractivity contribution in [1.29, 1.82) is 0 Å². The molecule has 0 amide bonds. The van der Waals surface area contributed by atoms with Crippen molar-refractivity contribution < 1.29 is 0 Å². The molecule has 0 saturated heterocycles. The zero-order valence-electron chi connectivity index (χ0n) is 11.6. The van der Waals surface area contributed by atoms with Crippen molar-refractivity contribution in [3.63, 3.8) is 0 Å². The van der Waals surface area contributed by atoms with Gasteiger partial charge in [0.2, 0.25) is 5.95 Å². The van der Waals surface area contributed by atoms with E-state index in [0.29, 0.717) is 0 Å². The van der Waals surface area contributed by atoms with E-state index in [1.165, 1.54) is 6.42 Å². The maximum absolute atomic E-state index is 4.58. The average molecular weight is 266 g/mol. The van der Waals surface area contributed by atoms with Crippen molar-refractivity contribution in [2.75, 3.05) is 11.9 Å². The molecule has 0 fully saturated rings. The van der Waals surface area contributed by atoms with Crippen LogP contribution in [0.1, 0.15) is 19.8 Å². The van der Waals surface area contributed by atoms with Crippen LogP contribution in [-0.4, -0.2) is 21.5 Å². The second-order valence-corrected chi connectivity index (χ2v) is 4.84. The number of hydrogen-bond acceptors (Lipinski definition) is 3. The summed E-state index contributed by atoms with van der Waals surface area (Å²) in [6, 6.07) is 10.2. The average Bonchev–Trinajstić information content (AvgIpc) is 2.90. The predicted molar refractivity (Wildman–Crippen MR) is 82.7 cm³/mol. The largest absolute Gasteiger partial charge is 0.356 e. The van der Waals surface area contributed by atoms with Crippen LogP contribution < -0.4 is 5.32 Å². The number of rotatable bonds is 5. The minimum atomic E-state index is 0.844. The number of aromatic nitrogens is 3. The van der Waals surface area contributed by atoms with Gasteiger partial charge in [0.05, 0.1) is 11.0 Å². The molecule has 2 aromatic heterocycles. The van der Waals surface area contributed by atoms with Crippen molar-refractivity contribution >= 4 is 17.0 Å². The summed E-state index contributed by atoms with van der Waals surface area (Å²) in [4.78, 5) is 12.0. The van der Waals surface area contributed by atoms with E-state index in [9.17, 15) is 0 Å². The Morgan fingerprint density at radius 3 is 2.95 bits per heavy atom. The number of pyridine rings is 1. The SMILES string of the molecule is CCCCNc1nc2cc(-c3cccnc3)ccc2[nH]1. The summed E-state index contributed by atoms with van der Waals surface area (Å²) in [5.74, 6) is 0.844. The van der Waals surface area contributed by atoms with Crippen molar-refractivity contribution in [2.45, 2.75) is 19.8 Å². The van der Waals surface area contributed by atoms with Gasteiger partial charge in [0, 0.05) is 24.5 Å². The summed E-state index contributed by atoms with van der Waals surface area (Å²) in [6.07, 6.45) is 5.98. The summed E-state index contributed by atoms with van der Waals surface area (Å²) < 4.78 is 0. The van der Waals surface area contributed by atoms with E-state index < -0.39 is 0 Å². The highest BCUT2D eigenvalue weighted by molar-refractivity contribution is 5.83. The first-order valence-electron chi connectivity index (χ1n) is 7.01. The second kappa shape index (κ2) is 5.74. The minimum absolute atomic E-state index is 0.844. The van der Waals surface area contributed by atoms with Gasteiger partial charge < -0.3 is 10.3 Å². The van der Waals surface area contributed by atoms with E-state index in [0.717, 1.165) is 41.1 Å². The molecule has 2 heterocycles. The van der Waals surface area contributed by atoms with E-state index in [4.69, 9.17) is 0 Å². The lowest BCUT2D eigenvalue weighted by Crippen LogP contribution is -2.01. The van der Waals surface area contributed by atoms with E-state index in [1.807, 2.05) is 12.3 Å². The first kappa shape index (κ1) is 12.7. The molecule has 0 aliphatic heterocycles. The normalized spacial score (nSPS) is 10.8. The third kappa shape index (κ3) is 2.64. The monoisotopic (exact) mass is 266 g/mol. The molecule has 0 unspecified atom stereocenters. The molecule has 3 rings (SSSR count). The van der Waals surface area contributed by atoms with E-state index in [2.05, 4.69) is 51.5 Å². The van der Waals surface area contributed by atoms with Crippen molar-refractivity contribution in [1.82, 2.24) is 15.0 Å². The van der Waals surface area contributed by atoms with Gasteiger partial charge in [-0.15, -0.1) is 0 Å². The van der Waals surface area contributed by atoms with Crippen LogP contribution >= 0.6 is 0 Å². The number of fused-ring (bicyclic) bond motifs is 1. The Morgan fingerprint density at radius 1 is 1.20 bits per heavy atom. The fourth-order valence-corrected chi connectivity index (χ4v) is 2.19. The van der Waals surface area contributed by atoms with E-state index in [-0.39, 0.29) is 0 Å². The lowest BCUT2D eigenvalue weighted by molar-refractivity contribution is 0.829. The number of benzene rings is 1. The highest BCUT2D eigenvalue weighted by Crippen LogP contribution is 2.23. The fourth-order valence-electron chi connectivity index (χ4n) is 2.19. The van der Waals surface area contributed by atoms with Gasteiger partial charge >= 0.3 is 0 Å². The Labute approximate surface area is 118 Å². The van der Waals surface area contributed by atoms with Crippen LogP contribution in [0.2, 0.25) is 0 Å². The lowest BCUT2D eigenvalue weighted by Gasteiger charge is -1.99. The van der Waals surface area contributed by atoms with Gasteiger partial charge in [0.15, 0.2) is 0 Å². The van der Waals surface area contributed by atoms with Gasteiger partial charge in [-0.2, -0.15) is 0 Å².